The van der Waals surface area contributed by atoms with Crippen LogP contribution in [0.5, 0.6) is 5.75 Å². The monoisotopic (exact) mass is 289 g/mol. The highest BCUT2D eigenvalue weighted by Crippen LogP contribution is 2.35. The molecule has 0 spiro atoms. The van der Waals surface area contributed by atoms with Crippen LogP contribution in [0.25, 0.3) is 0 Å². The Morgan fingerprint density at radius 2 is 2.31 bits per heavy atom. The van der Waals surface area contributed by atoms with E-state index in [2.05, 4.69) is 28.7 Å². The standard InChI is InChI=1S/C10H12INO/c1-13-7-4-6-2-3-9(12)10(6)8(11)5-7/h4-5,9H,2-3,12H2,1H3/t9-/m1/s1. The van der Waals surface area contributed by atoms with Crippen LogP contribution < -0.4 is 10.5 Å². The van der Waals surface area contributed by atoms with Gasteiger partial charge in [-0.05, 0) is 58.7 Å². The van der Waals surface area contributed by atoms with E-state index in [4.69, 9.17) is 10.5 Å². The number of rotatable bonds is 1. The second kappa shape index (κ2) is 3.46. The number of fused-ring (bicyclic) bond motifs is 1. The molecule has 0 radical (unpaired) electrons. The number of hydrogen-bond donors (Lipinski definition) is 1. The van der Waals surface area contributed by atoms with Gasteiger partial charge in [0, 0.05) is 9.61 Å². The average molecular weight is 289 g/mol. The fourth-order valence-electron chi connectivity index (χ4n) is 1.84. The van der Waals surface area contributed by atoms with Crippen molar-refractivity contribution in [3.8, 4) is 5.75 Å². The molecule has 0 saturated heterocycles. The second-order valence-electron chi connectivity index (χ2n) is 3.33. The predicted molar refractivity (Wildman–Crippen MR) is 61.0 cm³/mol. The van der Waals surface area contributed by atoms with E-state index in [1.54, 1.807) is 7.11 Å². The van der Waals surface area contributed by atoms with Crippen LogP contribution in [0.15, 0.2) is 12.1 Å². The summed E-state index contributed by atoms with van der Waals surface area (Å²) >= 11 is 2.33. The lowest BCUT2D eigenvalue weighted by Crippen LogP contribution is -2.07. The summed E-state index contributed by atoms with van der Waals surface area (Å²) in [4.78, 5) is 0. The lowest BCUT2D eigenvalue weighted by atomic mass is 10.1. The molecule has 0 saturated carbocycles. The number of nitrogens with two attached hydrogens (primary N) is 1. The molecule has 0 fully saturated rings. The van der Waals surface area contributed by atoms with Gasteiger partial charge >= 0.3 is 0 Å². The summed E-state index contributed by atoms with van der Waals surface area (Å²) in [5, 5.41) is 0. The molecular weight excluding hydrogens is 277 g/mol. The van der Waals surface area contributed by atoms with Crippen LogP contribution >= 0.6 is 22.6 Å². The third kappa shape index (κ3) is 1.55. The maximum atomic E-state index is 5.99. The molecule has 13 heavy (non-hydrogen) atoms. The van der Waals surface area contributed by atoms with Crippen molar-refractivity contribution in [2.45, 2.75) is 18.9 Å². The van der Waals surface area contributed by atoms with Crippen molar-refractivity contribution < 1.29 is 4.74 Å². The van der Waals surface area contributed by atoms with E-state index < -0.39 is 0 Å². The molecule has 70 valence electrons. The average Bonchev–Trinajstić information content (AvgIpc) is 2.48. The summed E-state index contributed by atoms with van der Waals surface area (Å²) in [6, 6.07) is 4.38. The Morgan fingerprint density at radius 3 is 3.00 bits per heavy atom. The Kier molecular flexibility index (Phi) is 2.47. The molecule has 0 heterocycles. The van der Waals surface area contributed by atoms with Crippen LogP contribution in [-0.2, 0) is 6.42 Å². The molecule has 1 atom stereocenters. The number of ether oxygens (including phenoxy) is 1. The lowest BCUT2D eigenvalue weighted by molar-refractivity contribution is 0.414. The highest BCUT2D eigenvalue weighted by Gasteiger charge is 2.22. The van der Waals surface area contributed by atoms with E-state index >= 15 is 0 Å². The van der Waals surface area contributed by atoms with Gasteiger partial charge in [-0.3, -0.25) is 0 Å². The highest BCUT2D eigenvalue weighted by molar-refractivity contribution is 14.1. The maximum absolute atomic E-state index is 5.99. The molecule has 1 aliphatic carbocycles. The number of hydrogen-bond acceptors (Lipinski definition) is 2. The number of benzene rings is 1. The topological polar surface area (TPSA) is 35.2 Å². The van der Waals surface area contributed by atoms with Crippen LogP contribution in [0.4, 0.5) is 0 Å². The Hall–Kier alpha value is -0.290. The van der Waals surface area contributed by atoms with Crippen LogP contribution in [0.2, 0.25) is 0 Å². The first-order valence-electron chi connectivity index (χ1n) is 4.34. The third-order valence-corrected chi connectivity index (χ3v) is 3.41. The predicted octanol–water partition coefficient (Wildman–Crippen LogP) is 2.25. The van der Waals surface area contributed by atoms with Crippen molar-refractivity contribution in [3.63, 3.8) is 0 Å². The number of aryl methyl sites for hydroxylation is 1. The van der Waals surface area contributed by atoms with Crippen molar-refractivity contribution in [2.75, 3.05) is 7.11 Å². The molecule has 1 aliphatic rings. The zero-order valence-corrected chi connectivity index (χ0v) is 9.67. The summed E-state index contributed by atoms with van der Waals surface area (Å²) < 4.78 is 6.44. The summed E-state index contributed by atoms with van der Waals surface area (Å²) in [7, 11) is 1.70. The fourth-order valence-corrected chi connectivity index (χ4v) is 2.90. The van der Waals surface area contributed by atoms with Gasteiger partial charge in [0.1, 0.15) is 5.75 Å². The minimum Gasteiger partial charge on any atom is -0.497 e. The van der Waals surface area contributed by atoms with Crippen molar-refractivity contribution in [1.29, 1.82) is 0 Å². The molecule has 0 amide bonds. The molecule has 1 aromatic rings. The van der Waals surface area contributed by atoms with Crippen molar-refractivity contribution in [2.24, 2.45) is 5.73 Å². The molecule has 0 bridgehead atoms. The molecule has 0 unspecified atom stereocenters. The summed E-state index contributed by atoms with van der Waals surface area (Å²) in [6.07, 6.45) is 2.15. The van der Waals surface area contributed by atoms with E-state index in [9.17, 15) is 0 Å². The molecule has 0 aliphatic heterocycles. The van der Waals surface area contributed by atoms with Gasteiger partial charge < -0.3 is 10.5 Å². The van der Waals surface area contributed by atoms with Gasteiger partial charge in [-0.25, -0.2) is 0 Å². The normalized spacial score (nSPS) is 20.1. The van der Waals surface area contributed by atoms with Crippen molar-refractivity contribution >= 4 is 22.6 Å². The van der Waals surface area contributed by atoms with Crippen LogP contribution in [0.3, 0.4) is 0 Å². The molecule has 1 aromatic carbocycles. The van der Waals surface area contributed by atoms with E-state index in [0.29, 0.717) is 0 Å². The summed E-state index contributed by atoms with van der Waals surface area (Å²) in [6.45, 7) is 0. The van der Waals surface area contributed by atoms with E-state index in [-0.39, 0.29) is 6.04 Å². The van der Waals surface area contributed by atoms with Gasteiger partial charge in [-0.1, -0.05) is 0 Å². The van der Waals surface area contributed by atoms with Gasteiger partial charge in [-0.15, -0.1) is 0 Å². The van der Waals surface area contributed by atoms with Gasteiger partial charge in [0.25, 0.3) is 0 Å². The first kappa shape index (κ1) is 9.27. The molecule has 2 nitrogen and oxygen atoms in total. The van der Waals surface area contributed by atoms with Crippen molar-refractivity contribution in [3.05, 3.63) is 26.8 Å². The molecule has 2 N–H and O–H groups in total. The quantitative estimate of drug-likeness (QED) is 0.805. The molecule has 2 rings (SSSR count). The summed E-state index contributed by atoms with van der Waals surface area (Å²) in [5.74, 6) is 0.942. The molecule has 0 aromatic heterocycles. The second-order valence-corrected chi connectivity index (χ2v) is 4.49. The van der Waals surface area contributed by atoms with Gasteiger partial charge in [0.15, 0.2) is 0 Å². The van der Waals surface area contributed by atoms with E-state index in [1.807, 2.05) is 6.07 Å². The van der Waals surface area contributed by atoms with Crippen LogP contribution in [0, 0.1) is 3.57 Å². The number of methoxy groups -OCH3 is 1. The zero-order valence-electron chi connectivity index (χ0n) is 7.51. The van der Waals surface area contributed by atoms with Crippen LogP contribution in [0.1, 0.15) is 23.6 Å². The minimum atomic E-state index is 0.229. The van der Waals surface area contributed by atoms with Gasteiger partial charge in [0.05, 0.1) is 7.11 Å². The third-order valence-electron chi connectivity index (χ3n) is 2.52. The number of halogens is 1. The van der Waals surface area contributed by atoms with Crippen LogP contribution in [-0.4, -0.2) is 7.11 Å². The lowest BCUT2D eigenvalue weighted by Gasteiger charge is -2.09. The fraction of sp³-hybridized carbons (Fsp3) is 0.400. The molecular formula is C10H12INO. The minimum absolute atomic E-state index is 0.229. The Labute approximate surface area is 91.6 Å². The Balaban J connectivity index is 2.53. The molecule has 3 heteroatoms. The highest BCUT2D eigenvalue weighted by atomic mass is 127. The first-order chi connectivity index (χ1) is 6.22. The van der Waals surface area contributed by atoms with Gasteiger partial charge in [-0.2, -0.15) is 0 Å². The zero-order chi connectivity index (χ0) is 9.42. The van der Waals surface area contributed by atoms with Gasteiger partial charge in [0.2, 0.25) is 0 Å². The van der Waals surface area contributed by atoms with E-state index in [0.717, 1.165) is 18.6 Å². The van der Waals surface area contributed by atoms with Crippen molar-refractivity contribution in [1.82, 2.24) is 0 Å². The SMILES string of the molecule is COc1cc(I)c2c(c1)CC[C@H]2N. The first-order valence-corrected chi connectivity index (χ1v) is 5.42. The smallest absolute Gasteiger partial charge is 0.120 e. The Morgan fingerprint density at radius 1 is 1.54 bits per heavy atom. The van der Waals surface area contributed by atoms with E-state index in [1.165, 1.54) is 14.7 Å². The Bertz CT molecular complexity index is 338. The largest absolute Gasteiger partial charge is 0.497 e. The maximum Gasteiger partial charge on any atom is 0.120 e. The summed E-state index contributed by atoms with van der Waals surface area (Å²) in [5.41, 5.74) is 8.67.